The van der Waals surface area contributed by atoms with E-state index in [9.17, 15) is 37.1 Å². The number of pyridine rings is 1. The molecule has 12 heteroatoms. The molecule has 1 saturated heterocycles. The molecule has 32 heavy (non-hydrogen) atoms. The number of rotatable bonds is 4. The van der Waals surface area contributed by atoms with Gasteiger partial charge in [-0.05, 0) is 25.8 Å². The molecule has 1 saturated carbocycles. The molecule has 2 fully saturated rings. The number of fused-ring (bicyclic) bond motifs is 1. The standard InChI is InChI=1S/C20H18F5N3O4/c1-8-13(26(2)19(32)20(23,24)25)7-27(8)16-12(21)5-10-15(14(16)22)28(9-3-4-9)6-11(17(10)29)18(30)31/h5-6,8-9,13H,3-4,7H2,1-2H3,(H,30,31). The summed E-state index contributed by atoms with van der Waals surface area (Å²) in [5.41, 5.74) is -2.43. The highest BCUT2D eigenvalue weighted by Crippen LogP contribution is 2.41. The van der Waals surface area contributed by atoms with Crippen LogP contribution in [0.25, 0.3) is 10.9 Å². The van der Waals surface area contributed by atoms with E-state index in [0.29, 0.717) is 17.7 Å². The maximum absolute atomic E-state index is 15.6. The number of carbonyl (C=O) groups is 2. The van der Waals surface area contributed by atoms with Crippen molar-refractivity contribution in [2.75, 3.05) is 18.5 Å². The maximum atomic E-state index is 15.6. The molecule has 1 aromatic carbocycles. The van der Waals surface area contributed by atoms with Crippen LogP contribution in [0.15, 0.2) is 17.1 Å². The Morgan fingerprint density at radius 3 is 2.34 bits per heavy atom. The Bertz CT molecular complexity index is 1200. The highest BCUT2D eigenvalue weighted by atomic mass is 19.4. The van der Waals surface area contributed by atoms with Crippen molar-refractivity contribution in [1.29, 1.82) is 0 Å². The zero-order valence-electron chi connectivity index (χ0n) is 16.9. The summed E-state index contributed by atoms with van der Waals surface area (Å²) in [4.78, 5) is 37.1. The normalized spacial score (nSPS) is 20.9. The molecule has 0 spiro atoms. The quantitative estimate of drug-likeness (QED) is 0.712. The molecule has 2 aliphatic rings. The zero-order valence-corrected chi connectivity index (χ0v) is 16.9. The molecule has 1 aliphatic carbocycles. The topological polar surface area (TPSA) is 82.8 Å². The lowest BCUT2D eigenvalue weighted by molar-refractivity contribution is -0.187. The number of benzene rings is 1. The second-order valence-electron chi connectivity index (χ2n) is 8.11. The van der Waals surface area contributed by atoms with Crippen LogP contribution < -0.4 is 10.3 Å². The lowest BCUT2D eigenvalue weighted by atomic mass is 9.94. The highest BCUT2D eigenvalue weighted by molar-refractivity contribution is 5.94. The minimum atomic E-state index is -5.07. The van der Waals surface area contributed by atoms with Crippen LogP contribution >= 0.6 is 0 Å². The van der Waals surface area contributed by atoms with Crippen molar-refractivity contribution >= 4 is 28.5 Å². The van der Waals surface area contributed by atoms with Gasteiger partial charge in [0, 0.05) is 31.9 Å². The van der Waals surface area contributed by atoms with Crippen LogP contribution in [0.2, 0.25) is 0 Å². The van der Waals surface area contributed by atoms with Crippen molar-refractivity contribution in [1.82, 2.24) is 9.47 Å². The number of amides is 1. The largest absolute Gasteiger partial charge is 0.477 e. The molecule has 7 nitrogen and oxygen atoms in total. The number of hydrogen-bond acceptors (Lipinski definition) is 4. The van der Waals surface area contributed by atoms with Gasteiger partial charge in [0.25, 0.3) is 0 Å². The van der Waals surface area contributed by atoms with Crippen LogP contribution in [-0.4, -0.2) is 58.3 Å². The van der Waals surface area contributed by atoms with Gasteiger partial charge in [0.2, 0.25) is 5.43 Å². The van der Waals surface area contributed by atoms with E-state index >= 15 is 4.39 Å². The summed E-state index contributed by atoms with van der Waals surface area (Å²) in [7, 11) is 0.972. The fraction of sp³-hybridized carbons (Fsp3) is 0.450. The zero-order chi connectivity index (χ0) is 23.7. The van der Waals surface area contributed by atoms with Crippen molar-refractivity contribution in [2.24, 2.45) is 0 Å². The van der Waals surface area contributed by atoms with E-state index in [-0.39, 0.29) is 18.1 Å². The summed E-state index contributed by atoms with van der Waals surface area (Å²) in [5, 5.41) is 8.85. The number of likely N-dealkylation sites (N-methyl/N-ethyl adjacent to an activating group) is 1. The number of halogens is 5. The van der Waals surface area contributed by atoms with E-state index in [1.54, 1.807) is 0 Å². The number of aromatic nitrogens is 1. The first-order chi connectivity index (χ1) is 14.8. The van der Waals surface area contributed by atoms with Crippen LogP contribution in [-0.2, 0) is 4.79 Å². The third-order valence-electron chi connectivity index (χ3n) is 6.13. The van der Waals surface area contributed by atoms with Gasteiger partial charge in [-0.3, -0.25) is 9.59 Å². The van der Waals surface area contributed by atoms with E-state index in [4.69, 9.17) is 0 Å². The first kappa shape index (κ1) is 22.0. The Morgan fingerprint density at radius 1 is 1.22 bits per heavy atom. The number of hydrogen-bond donors (Lipinski definition) is 1. The number of carboxylic acids is 1. The summed E-state index contributed by atoms with van der Waals surface area (Å²) in [5.74, 6) is -5.83. The van der Waals surface area contributed by atoms with E-state index in [1.165, 1.54) is 16.4 Å². The van der Waals surface area contributed by atoms with Gasteiger partial charge in [0.05, 0.1) is 16.9 Å². The molecule has 1 aliphatic heterocycles. The van der Waals surface area contributed by atoms with Gasteiger partial charge in [0.1, 0.15) is 17.1 Å². The van der Waals surface area contributed by atoms with Crippen LogP contribution in [0.4, 0.5) is 27.6 Å². The Balaban J connectivity index is 1.78. The predicted molar refractivity (Wildman–Crippen MR) is 103 cm³/mol. The Morgan fingerprint density at radius 2 is 1.84 bits per heavy atom. The summed E-state index contributed by atoms with van der Waals surface area (Å²) >= 11 is 0. The van der Waals surface area contributed by atoms with Crippen LogP contribution in [0, 0.1) is 11.6 Å². The number of carbonyl (C=O) groups excluding carboxylic acids is 1. The molecular formula is C20H18F5N3O4. The van der Waals surface area contributed by atoms with Crippen LogP contribution in [0.5, 0.6) is 0 Å². The molecule has 172 valence electrons. The van der Waals surface area contributed by atoms with E-state index in [0.717, 1.165) is 19.3 Å². The molecule has 4 rings (SSSR count). The third-order valence-corrected chi connectivity index (χ3v) is 6.13. The molecule has 0 radical (unpaired) electrons. The fourth-order valence-electron chi connectivity index (χ4n) is 4.17. The Hall–Kier alpha value is -3.18. The maximum Gasteiger partial charge on any atom is 0.471 e. The highest BCUT2D eigenvalue weighted by Gasteiger charge is 2.49. The van der Waals surface area contributed by atoms with E-state index in [1.807, 2.05) is 0 Å². The van der Waals surface area contributed by atoms with Gasteiger partial charge >= 0.3 is 18.1 Å². The number of aromatic carboxylic acids is 1. The number of nitrogens with zero attached hydrogens (tertiary/aromatic N) is 3. The van der Waals surface area contributed by atoms with Crippen molar-refractivity contribution in [3.8, 4) is 0 Å². The Labute approximate surface area is 177 Å². The summed E-state index contributed by atoms with van der Waals surface area (Å²) < 4.78 is 70.0. The molecule has 1 aromatic heterocycles. The number of carboxylic acid groups (broad SMARTS) is 1. The first-order valence-electron chi connectivity index (χ1n) is 9.75. The van der Waals surface area contributed by atoms with Crippen molar-refractivity contribution < 1.29 is 36.6 Å². The van der Waals surface area contributed by atoms with Crippen LogP contribution in [0.1, 0.15) is 36.2 Å². The SMILES string of the molecule is CC1C(N(C)C(=O)C(F)(F)F)CN1c1c(F)cc2c(=O)c(C(=O)O)cn(C3CC3)c2c1F. The van der Waals surface area contributed by atoms with Crippen molar-refractivity contribution in [3.63, 3.8) is 0 Å². The molecule has 1 amide bonds. The Kier molecular flexibility index (Phi) is 4.94. The minimum Gasteiger partial charge on any atom is -0.477 e. The second kappa shape index (κ2) is 7.17. The van der Waals surface area contributed by atoms with E-state index in [2.05, 4.69) is 0 Å². The van der Waals surface area contributed by atoms with Gasteiger partial charge < -0.3 is 19.5 Å². The second-order valence-corrected chi connectivity index (χ2v) is 8.11. The molecular weight excluding hydrogens is 441 g/mol. The summed E-state index contributed by atoms with van der Waals surface area (Å²) in [6.45, 7) is 1.18. The van der Waals surface area contributed by atoms with Gasteiger partial charge in [0.15, 0.2) is 5.82 Å². The lowest BCUT2D eigenvalue weighted by Crippen LogP contribution is -2.67. The number of alkyl halides is 3. The molecule has 1 N–H and O–H groups in total. The summed E-state index contributed by atoms with van der Waals surface area (Å²) in [6, 6.07) is -1.27. The van der Waals surface area contributed by atoms with Gasteiger partial charge in [-0.15, -0.1) is 0 Å². The molecule has 2 atom stereocenters. The average Bonchev–Trinajstić information content (AvgIpc) is 3.53. The molecule has 0 bridgehead atoms. The van der Waals surface area contributed by atoms with Crippen molar-refractivity contribution in [3.05, 3.63) is 39.7 Å². The third kappa shape index (κ3) is 3.28. The number of anilines is 1. The monoisotopic (exact) mass is 459 g/mol. The summed E-state index contributed by atoms with van der Waals surface area (Å²) in [6.07, 6.45) is -2.80. The smallest absolute Gasteiger partial charge is 0.471 e. The molecule has 2 aromatic rings. The van der Waals surface area contributed by atoms with Gasteiger partial charge in [-0.1, -0.05) is 0 Å². The average molecular weight is 459 g/mol. The molecule has 2 unspecified atom stereocenters. The lowest BCUT2D eigenvalue weighted by Gasteiger charge is -2.51. The predicted octanol–water partition coefficient (Wildman–Crippen LogP) is 2.91. The van der Waals surface area contributed by atoms with Crippen molar-refractivity contribution in [2.45, 2.75) is 44.1 Å². The minimum absolute atomic E-state index is 0.249. The first-order valence-corrected chi connectivity index (χ1v) is 9.75. The fourth-order valence-corrected chi connectivity index (χ4v) is 4.17. The molecule has 2 heterocycles. The van der Waals surface area contributed by atoms with Gasteiger partial charge in [-0.2, -0.15) is 13.2 Å². The van der Waals surface area contributed by atoms with Crippen LogP contribution in [0.3, 0.4) is 0 Å². The van der Waals surface area contributed by atoms with Gasteiger partial charge in [-0.25, -0.2) is 13.6 Å². The van der Waals surface area contributed by atoms with E-state index < -0.39 is 63.8 Å².